The largest absolute Gasteiger partial charge is 0.353 e. The van der Waals surface area contributed by atoms with Crippen molar-refractivity contribution in [2.75, 3.05) is 17.6 Å². The highest BCUT2D eigenvalue weighted by Gasteiger charge is 2.11. The molecule has 148 valence electrons. The second kappa shape index (κ2) is 8.69. The number of hydrogen-bond donors (Lipinski definition) is 3. The Labute approximate surface area is 157 Å². The van der Waals surface area contributed by atoms with E-state index in [0.29, 0.717) is 18.1 Å². The molecule has 2 aromatic rings. The molecule has 1 heterocycles. The summed E-state index contributed by atoms with van der Waals surface area (Å²) in [5, 5.41) is 2.74. The van der Waals surface area contributed by atoms with E-state index in [1.807, 2.05) is 6.92 Å². The van der Waals surface area contributed by atoms with Crippen molar-refractivity contribution >= 4 is 26.2 Å². The second-order valence-electron chi connectivity index (χ2n) is 5.75. The van der Waals surface area contributed by atoms with Crippen LogP contribution in [0.15, 0.2) is 29.2 Å². The number of benzene rings is 1. The van der Waals surface area contributed by atoms with Crippen LogP contribution >= 0.6 is 0 Å². The summed E-state index contributed by atoms with van der Waals surface area (Å²) in [5.41, 5.74) is 0.722. The van der Waals surface area contributed by atoms with Gasteiger partial charge in [-0.1, -0.05) is 19.1 Å². The van der Waals surface area contributed by atoms with E-state index in [1.54, 1.807) is 0 Å². The number of hydrogen-bond acceptors (Lipinski definition) is 8. The summed E-state index contributed by atoms with van der Waals surface area (Å²) in [4.78, 5) is 12.6. The zero-order valence-electron chi connectivity index (χ0n) is 14.5. The van der Waals surface area contributed by atoms with Crippen LogP contribution in [0.25, 0.3) is 0 Å². The van der Waals surface area contributed by atoms with Crippen molar-refractivity contribution in [3.8, 4) is 0 Å². The fraction of sp³-hybridized carbons (Fsp3) is 0.400. The van der Waals surface area contributed by atoms with Crippen LogP contribution in [0.5, 0.6) is 0 Å². The first-order chi connectivity index (χ1) is 12.6. The van der Waals surface area contributed by atoms with Crippen molar-refractivity contribution in [1.82, 2.24) is 15.0 Å². The van der Waals surface area contributed by atoms with Crippen LogP contribution in [0.1, 0.15) is 30.6 Å². The van der Waals surface area contributed by atoms with E-state index in [9.17, 15) is 16.8 Å². The maximum atomic E-state index is 11.1. The van der Waals surface area contributed by atoms with E-state index >= 15 is 0 Å². The Morgan fingerprint density at radius 3 is 2.15 bits per heavy atom. The Balaban J connectivity index is 2.19. The number of nitrogens with one attached hydrogen (secondary N) is 1. The molecule has 0 saturated heterocycles. The minimum Gasteiger partial charge on any atom is -0.353 e. The van der Waals surface area contributed by atoms with E-state index in [4.69, 9.17) is 9.11 Å². The van der Waals surface area contributed by atoms with Gasteiger partial charge in [0, 0.05) is 19.4 Å². The molecular weight excluding hydrogens is 396 g/mol. The predicted molar refractivity (Wildman–Crippen MR) is 97.8 cm³/mol. The smallest absolute Gasteiger partial charge is 0.294 e. The molecule has 0 saturated carbocycles. The van der Waals surface area contributed by atoms with Crippen LogP contribution in [-0.4, -0.2) is 53.2 Å². The van der Waals surface area contributed by atoms with Crippen molar-refractivity contribution in [3.63, 3.8) is 0 Å². The molecule has 3 N–H and O–H groups in total. The maximum absolute atomic E-state index is 11.1. The third kappa shape index (κ3) is 7.17. The number of aryl methyl sites for hydroxylation is 1. The van der Waals surface area contributed by atoms with Gasteiger partial charge in [-0.3, -0.25) is 9.11 Å². The lowest BCUT2D eigenvalue weighted by Gasteiger charge is -2.09. The fourth-order valence-electron chi connectivity index (χ4n) is 2.22. The summed E-state index contributed by atoms with van der Waals surface area (Å²) < 4.78 is 61.6. The maximum Gasteiger partial charge on any atom is 0.294 e. The minimum absolute atomic E-state index is 0.0586. The highest BCUT2D eigenvalue weighted by molar-refractivity contribution is 7.86. The van der Waals surface area contributed by atoms with Crippen molar-refractivity contribution < 1.29 is 25.9 Å². The molecule has 0 aliphatic carbocycles. The molecule has 10 nitrogen and oxygen atoms in total. The van der Waals surface area contributed by atoms with E-state index in [2.05, 4.69) is 20.3 Å². The van der Waals surface area contributed by atoms with Gasteiger partial charge in [-0.2, -0.15) is 26.8 Å². The first-order valence-electron chi connectivity index (χ1n) is 8.06. The Hall–Kier alpha value is -2.15. The second-order valence-corrected chi connectivity index (χ2v) is 8.74. The number of anilines is 1. The van der Waals surface area contributed by atoms with Gasteiger partial charge in [0.15, 0.2) is 0 Å². The topological polar surface area (TPSA) is 159 Å². The number of rotatable bonds is 9. The van der Waals surface area contributed by atoms with Crippen LogP contribution in [-0.2, 0) is 33.1 Å². The van der Waals surface area contributed by atoms with Gasteiger partial charge in [-0.15, -0.1) is 0 Å². The zero-order valence-corrected chi connectivity index (χ0v) is 16.2. The molecule has 0 aliphatic heterocycles. The van der Waals surface area contributed by atoms with Gasteiger partial charge in [-0.05, 0) is 24.1 Å². The molecule has 0 aliphatic rings. The molecule has 0 amide bonds. The Kier molecular flexibility index (Phi) is 6.81. The summed E-state index contributed by atoms with van der Waals surface area (Å²) in [6.07, 6.45) is 1.69. The summed E-state index contributed by atoms with van der Waals surface area (Å²) in [7, 11) is -8.35. The van der Waals surface area contributed by atoms with Gasteiger partial charge in [-0.25, -0.2) is 4.98 Å². The van der Waals surface area contributed by atoms with Gasteiger partial charge in [0.25, 0.3) is 20.2 Å². The fourth-order valence-corrected chi connectivity index (χ4v) is 3.06. The Morgan fingerprint density at radius 2 is 1.59 bits per heavy atom. The van der Waals surface area contributed by atoms with Crippen LogP contribution in [0.4, 0.5) is 5.95 Å². The molecule has 0 bridgehead atoms. The lowest BCUT2D eigenvalue weighted by Crippen LogP contribution is -2.17. The predicted octanol–water partition coefficient (Wildman–Crippen LogP) is 0.961. The van der Waals surface area contributed by atoms with E-state index in [1.165, 1.54) is 24.3 Å². The summed E-state index contributed by atoms with van der Waals surface area (Å²) in [6, 6.07) is 5.64. The van der Waals surface area contributed by atoms with Crippen molar-refractivity contribution in [2.45, 2.75) is 31.1 Å². The Morgan fingerprint density at radius 1 is 0.963 bits per heavy atom. The lowest BCUT2D eigenvalue weighted by atomic mass is 10.1. The molecular formula is C15H20N4O6S2. The highest BCUT2D eigenvalue weighted by Crippen LogP contribution is 2.13. The number of nitrogens with zero attached hydrogens (tertiary/aromatic N) is 3. The lowest BCUT2D eigenvalue weighted by molar-refractivity contribution is 0.481. The molecule has 0 spiro atoms. The van der Waals surface area contributed by atoms with Crippen LogP contribution in [0, 0.1) is 0 Å². The first kappa shape index (κ1) is 21.2. The van der Waals surface area contributed by atoms with Gasteiger partial charge in [0.1, 0.15) is 11.6 Å². The summed E-state index contributed by atoms with van der Waals surface area (Å²) >= 11 is 0. The molecule has 2 rings (SSSR count). The molecule has 1 aromatic carbocycles. The molecule has 0 radical (unpaired) electrons. The third-order valence-electron chi connectivity index (χ3n) is 3.43. The van der Waals surface area contributed by atoms with Gasteiger partial charge < -0.3 is 5.32 Å². The average molecular weight is 416 g/mol. The van der Waals surface area contributed by atoms with Gasteiger partial charge in [0.05, 0.1) is 10.6 Å². The van der Waals surface area contributed by atoms with Gasteiger partial charge in [0.2, 0.25) is 5.95 Å². The highest BCUT2D eigenvalue weighted by atomic mass is 32.2. The molecule has 0 atom stereocenters. The van der Waals surface area contributed by atoms with Crippen LogP contribution in [0.2, 0.25) is 0 Å². The minimum atomic E-state index is -4.26. The first-order valence-corrected chi connectivity index (χ1v) is 11.1. The monoisotopic (exact) mass is 416 g/mol. The zero-order chi connectivity index (χ0) is 20.1. The van der Waals surface area contributed by atoms with Crippen molar-refractivity contribution in [1.29, 1.82) is 0 Å². The third-order valence-corrected chi connectivity index (χ3v) is 5.02. The van der Waals surface area contributed by atoms with Crippen molar-refractivity contribution in [2.24, 2.45) is 0 Å². The van der Waals surface area contributed by atoms with E-state index < -0.39 is 26.0 Å². The molecule has 1 aromatic heterocycles. The van der Waals surface area contributed by atoms with Crippen LogP contribution in [0.3, 0.4) is 0 Å². The van der Waals surface area contributed by atoms with Gasteiger partial charge >= 0.3 is 0 Å². The van der Waals surface area contributed by atoms with E-state index in [0.717, 1.165) is 12.0 Å². The standard InChI is InChI=1S/C15H20N4O6S2/c1-2-3-13-17-14(19-15(18-13)16-8-9-26(20,21)22)10-11-4-6-12(7-5-11)27(23,24)25/h4-7H,2-3,8-10H2,1H3,(H,20,21,22)(H,23,24,25)(H,16,17,18,19). The summed E-state index contributed by atoms with van der Waals surface area (Å²) in [6.45, 7) is 1.90. The molecule has 12 heteroatoms. The SMILES string of the molecule is CCCc1nc(Cc2ccc(S(=O)(=O)O)cc2)nc(NCCS(=O)(=O)O)n1. The normalized spacial score (nSPS) is 12.1. The average Bonchev–Trinajstić information content (AvgIpc) is 2.53. The molecule has 0 fully saturated rings. The van der Waals surface area contributed by atoms with Crippen LogP contribution < -0.4 is 5.32 Å². The molecule has 0 unspecified atom stereocenters. The summed E-state index contributed by atoms with van der Waals surface area (Å²) in [5.74, 6) is 0.671. The quantitative estimate of drug-likeness (QED) is 0.502. The van der Waals surface area contributed by atoms with E-state index in [-0.39, 0.29) is 23.8 Å². The number of aromatic nitrogens is 3. The van der Waals surface area contributed by atoms with Crippen molar-refractivity contribution in [3.05, 3.63) is 41.5 Å². The molecule has 27 heavy (non-hydrogen) atoms. The Bertz CT molecular complexity index is 991.